The van der Waals surface area contributed by atoms with Crippen LogP contribution in [0, 0.1) is 3.57 Å². The van der Waals surface area contributed by atoms with Crippen LogP contribution in [0.1, 0.15) is 17.3 Å². The van der Waals surface area contributed by atoms with Crippen LogP contribution in [0.4, 0.5) is 0 Å². The van der Waals surface area contributed by atoms with Crippen LogP contribution in [0.3, 0.4) is 0 Å². The molecule has 0 bridgehead atoms. The van der Waals surface area contributed by atoms with Crippen molar-refractivity contribution < 1.29 is 9.53 Å². The molecule has 0 aliphatic rings. The van der Waals surface area contributed by atoms with E-state index in [4.69, 9.17) is 4.74 Å². The maximum atomic E-state index is 11.3. The molecule has 0 spiro atoms. The number of allylic oxidation sites excluding steroid dienone is 1. The maximum Gasteiger partial charge on any atom is 0.344 e. The Morgan fingerprint density at radius 3 is 2.77 bits per heavy atom. The molecular weight excluding hydrogens is 279 g/mol. The first-order chi connectivity index (χ1) is 6.25. The first kappa shape index (κ1) is 10.2. The van der Waals surface area contributed by atoms with Gasteiger partial charge in [-0.15, -0.1) is 0 Å². The number of hydrogen-bond donors (Lipinski definition) is 0. The highest BCUT2D eigenvalue weighted by molar-refractivity contribution is 14.1. The second-order valence-corrected chi connectivity index (χ2v) is 3.52. The van der Waals surface area contributed by atoms with Crippen LogP contribution in [0.5, 0.6) is 0 Å². The summed E-state index contributed by atoms with van der Waals surface area (Å²) in [5.41, 5.74) is 0.598. The summed E-state index contributed by atoms with van der Waals surface area (Å²) in [6, 6.07) is 7.31. The fraction of sp³-hybridized carbons (Fsp3) is 0.100. The van der Waals surface area contributed by atoms with E-state index in [1.807, 2.05) is 18.2 Å². The molecule has 0 N–H and O–H groups in total. The summed E-state index contributed by atoms with van der Waals surface area (Å²) in [6.45, 7) is 1.79. The van der Waals surface area contributed by atoms with Gasteiger partial charge in [-0.05, 0) is 41.6 Å². The van der Waals surface area contributed by atoms with E-state index >= 15 is 0 Å². The van der Waals surface area contributed by atoms with Crippen molar-refractivity contribution in [2.75, 3.05) is 0 Å². The molecule has 0 saturated heterocycles. The highest BCUT2D eigenvalue weighted by atomic mass is 127. The van der Waals surface area contributed by atoms with E-state index in [1.165, 1.54) is 6.26 Å². The average Bonchev–Trinajstić information content (AvgIpc) is 2.15. The number of ether oxygens (including phenoxy) is 1. The molecule has 0 aliphatic carbocycles. The van der Waals surface area contributed by atoms with Crippen molar-refractivity contribution in [2.24, 2.45) is 0 Å². The van der Waals surface area contributed by atoms with Crippen molar-refractivity contribution in [1.29, 1.82) is 0 Å². The molecule has 68 valence electrons. The minimum absolute atomic E-state index is 0.317. The molecule has 2 nitrogen and oxygen atoms in total. The van der Waals surface area contributed by atoms with Gasteiger partial charge in [-0.3, -0.25) is 0 Å². The molecule has 0 amide bonds. The minimum Gasteiger partial charge on any atom is -0.431 e. The smallest absolute Gasteiger partial charge is 0.344 e. The van der Waals surface area contributed by atoms with Crippen LogP contribution >= 0.6 is 22.6 Å². The van der Waals surface area contributed by atoms with Crippen molar-refractivity contribution in [3.05, 3.63) is 45.7 Å². The normalized spacial score (nSPS) is 10.3. The van der Waals surface area contributed by atoms with E-state index in [0.29, 0.717) is 5.56 Å². The quantitative estimate of drug-likeness (QED) is 0.475. The lowest BCUT2D eigenvalue weighted by molar-refractivity contribution is 0.0661. The van der Waals surface area contributed by atoms with Gasteiger partial charge in [0.05, 0.1) is 11.8 Å². The molecule has 1 aromatic carbocycles. The standard InChI is InChI=1S/C10H9IO2/c1-2-7-13-10(12)8-5-3-4-6-9(8)11/h2-7H,1H3. The van der Waals surface area contributed by atoms with Gasteiger partial charge in [0.2, 0.25) is 0 Å². The minimum atomic E-state index is -0.317. The van der Waals surface area contributed by atoms with E-state index in [2.05, 4.69) is 22.6 Å². The number of hydrogen-bond acceptors (Lipinski definition) is 2. The Bertz CT molecular complexity index is 331. The lowest BCUT2D eigenvalue weighted by atomic mass is 10.2. The molecule has 13 heavy (non-hydrogen) atoms. The van der Waals surface area contributed by atoms with Gasteiger partial charge in [0.15, 0.2) is 0 Å². The van der Waals surface area contributed by atoms with E-state index in [-0.39, 0.29) is 5.97 Å². The topological polar surface area (TPSA) is 26.3 Å². The lowest BCUT2D eigenvalue weighted by Gasteiger charge is -2.00. The van der Waals surface area contributed by atoms with Gasteiger partial charge in [0.1, 0.15) is 0 Å². The van der Waals surface area contributed by atoms with Crippen molar-refractivity contribution in [1.82, 2.24) is 0 Å². The largest absolute Gasteiger partial charge is 0.431 e. The predicted molar refractivity (Wildman–Crippen MR) is 59.4 cm³/mol. The molecule has 1 aromatic rings. The summed E-state index contributed by atoms with van der Waals surface area (Å²) in [5, 5.41) is 0. The molecular formula is C10H9IO2. The van der Waals surface area contributed by atoms with Crippen LogP contribution in [0.25, 0.3) is 0 Å². The Hall–Kier alpha value is -0.840. The zero-order valence-corrected chi connectivity index (χ0v) is 9.32. The molecule has 0 fully saturated rings. The molecule has 0 atom stereocenters. The Kier molecular flexibility index (Phi) is 3.95. The van der Waals surface area contributed by atoms with Crippen molar-refractivity contribution >= 4 is 28.6 Å². The molecule has 3 heteroatoms. The number of rotatable bonds is 2. The maximum absolute atomic E-state index is 11.3. The summed E-state index contributed by atoms with van der Waals surface area (Å²) in [6.07, 6.45) is 3.05. The predicted octanol–water partition coefficient (Wildman–Crippen LogP) is 2.98. The van der Waals surface area contributed by atoms with E-state index in [9.17, 15) is 4.79 Å². The zero-order chi connectivity index (χ0) is 9.68. The first-order valence-electron chi connectivity index (χ1n) is 3.82. The van der Waals surface area contributed by atoms with Gasteiger partial charge in [0, 0.05) is 3.57 Å². The third-order valence-electron chi connectivity index (χ3n) is 1.40. The molecule has 1 rings (SSSR count). The summed E-state index contributed by atoms with van der Waals surface area (Å²) < 4.78 is 5.73. The summed E-state index contributed by atoms with van der Waals surface area (Å²) in [7, 11) is 0. The van der Waals surface area contributed by atoms with Gasteiger partial charge in [-0.25, -0.2) is 4.79 Å². The number of carbonyl (C=O) groups excluding carboxylic acids is 1. The molecule has 0 unspecified atom stereocenters. The molecule has 0 saturated carbocycles. The third kappa shape index (κ3) is 2.84. The van der Waals surface area contributed by atoms with Crippen LogP contribution in [-0.2, 0) is 4.74 Å². The second-order valence-electron chi connectivity index (χ2n) is 2.35. The highest BCUT2D eigenvalue weighted by Gasteiger charge is 2.08. The lowest BCUT2D eigenvalue weighted by Crippen LogP contribution is -2.02. The van der Waals surface area contributed by atoms with Gasteiger partial charge < -0.3 is 4.74 Å². The van der Waals surface area contributed by atoms with Crippen LogP contribution in [0.2, 0.25) is 0 Å². The van der Waals surface area contributed by atoms with Crippen molar-refractivity contribution in [3.8, 4) is 0 Å². The van der Waals surface area contributed by atoms with Gasteiger partial charge in [0.25, 0.3) is 0 Å². The Morgan fingerprint density at radius 1 is 1.46 bits per heavy atom. The van der Waals surface area contributed by atoms with Crippen LogP contribution in [0.15, 0.2) is 36.6 Å². The number of esters is 1. The molecule has 0 aliphatic heterocycles. The van der Waals surface area contributed by atoms with E-state index < -0.39 is 0 Å². The van der Waals surface area contributed by atoms with Gasteiger partial charge in [-0.2, -0.15) is 0 Å². The fourth-order valence-electron chi connectivity index (χ4n) is 0.820. The number of benzene rings is 1. The molecule has 0 radical (unpaired) electrons. The Morgan fingerprint density at radius 2 is 2.15 bits per heavy atom. The Labute approximate surface area is 90.7 Å². The highest BCUT2D eigenvalue weighted by Crippen LogP contribution is 2.12. The van der Waals surface area contributed by atoms with Gasteiger partial charge >= 0.3 is 5.97 Å². The summed E-state index contributed by atoms with van der Waals surface area (Å²) in [5.74, 6) is -0.317. The summed E-state index contributed by atoms with van der Waals surface area (Å²) >= 11 is 2.10. The monoisotopic (exact) mass is 288 g/mol. The number of halogens is 1. The average molecular weight is 288 g/mol. The van der Waals surface area contributed by atoms with Crippen molar-refractivity contribution in [3.63, 3.8) is 0 Å². The first-order valence-corrected chi connectivity index (χ1v) is 4.90. The van der Waals surface area contributed by atoms with Gasteiger partial charge in [-0.1, -0.05) is 18.2 Å². The molecule has 0 aromatic heterocycles. The van der Waals surface area contributed by atoms with Crippen LogP contribution < -0.4 is 0 Å². The SMILES string of the molecule is CC=COC(=O)c1ccccc1I. The number of carbonyl (C=O) groups is 1. The summed E-state index contributed by atoms with van der Waals surface area (Å²) in [4.78, 5) is 11.3. The van der Waals surface area contributed by atoms with E-state index in [1.54, 1.807) is 19.1 Å². The Balaban J connectivity index is 2.83. The second kappa shape index (κ2) is 5.01. The van der Waals surface area contributed by atoms with E-state index in [0.717, 1.165) is 3.57 Å². The molecule has 0 heterocycles. The zero-order valence-electron chi connectivity index (χ0n) is 7.16. The van der Waals surface area contributed by atoms with Crippen LogP contribution in [-0.4, -0.2) is 5.97 Å². The fourth-order valence-corrected chi connectivity index (χ4v) is 1.43. The van der Waals surface area contributed by atoms with Crippen molar-refractivity contribution in [2.45, 2.75) is 6.92 Å². The third-order valence-corrected chi connectivity index (χ3v) is 2.35.